The summed E-state index contributed by atoms with van der Waals surface area (Å²) in [6.07, 6.45) is 3.45. The van der Waals surface area contributed by atoms with Gasteiger partial charge in [0.1, 0.15) is 5.69 Å². The summed E-state index contributed by atoms with van der Waals surface area (Å²) in [5.74, 6) is 3.12. The molecule has 5 rings (SSSR count). The molecule has 0 radical (unpaired) electrons. The Hall–Kier alpha value is -2.77. The summed E-state index contributed by atoms with van der Waals surface area (Å²) >= 11 is 0. The summed E-state index contributed by atoms with van der Waals surface area (Å²) < 4.78 is 0. The third-order valence-corrected chi connectivity index (χ3v) is 10.5. The zero-order valence-electron chi connectivity index (χ0n) is 20.8. The first-order chi connectivity index (χ1) is 15.9. The molecule has 0 saturated heterocycles. The lowest BCUT2D eigenvalue weighted by molar-refractivity contribution is -0.393. The summed E-state index contributed by atoms with van der Waals surface area (Å²) in [6, 6.07) is 3.66. The number of nitrogens with zero attached hydrogens (tertiary/aromatic N) is 3. The molecule has 1 N–H and O–H groups in total. The first-order valence-electron chi connectivity index (χ1n) is 12.3. The largest absolute Gasteiger partial charge is 0.301 e. The van der Waals surface area contributed by atoms with E-state index >= 15 is 0 Å². The van der Waals surface area contributed by atoms with Gasteiger partial charge in [-0.3, -0.25) is 25.7 Å². The van der Waals surface area contributed by atoms with Crippen molar-refractivity contribution in [1.29, 1.82) is 0 Å². The molecule has 0 heterocycles. The predicted molar refractivity (Wildman–Crippen MR) is 132 cm³/mol. The maximum atomic E-state index is 11.6. The van der Waals surface area contributed by atoms with Gasteiger partial charge in [0, 0.05) is 12.0 Å². The molecule has 4 aliphatic rings. The molecule has 0 amide bonds. The Labute approximate surface area is 200 Å². The molecule has 0 aromatic heterocycles. The summed E-state index contributed by atoms with van der Waals surface area (Å²) in [4.78, 5) is 21.5. The van der Waals surface area contributed by atoms with Gasteiger partial charge < -0.3 is 0 Å². The lowest BCUT2D eigenvalue weighted by Gasteiger charge is -2.42. The number of nitrogens with one attached hydrogen (secondary N) is 1. The van der Waals surface area contributed by atoms with Gasteiger partial charge >= 0.3 is 5.69 Å². The van der Waals surface area contributed by atoms with Crippen LogP contribution < -0.4 is 5.43 Å². The number of hydrazone groups is 1. The molecule has 4 bridgehead atoms. The molecule has 1 aromatic rings. The lowest BCUT2D eigenvalue weighted by Crippen LogP contribution is -2.38. The maximum absolute atomic E-state index is 11.6. The van der Waals surface area contributed by atoms with E-state index < -0.39 is 9.85 Å². The minimum absolute atomic E-state index is 0.185. The van der Waals surface area contributed by atoms with Crippen LogP contribution in [0, 0.1) is 66.6 Å². The average Bonchev–Trinajstić information content (AvgIpc) is 3.47. The smallest absolute Gasteiger partial charge is 0.271 e. The Morgan fingerprint density at radius 3 is 2.24 bits per heavy atom. The molecule has 8 nitrogen and oxygen atoms in total. The van der Waals surface area contributed by atoms with Crippen molar-refractivity contribution in [1.82, 2.24) is 0 Å². The third kappa shape index (κ3) is 3.06. The van der Waals surface area contributed by atoms with E-state index in [9.17, 15) is 20.2 Å². The molecular weight excluding hydrogens is 432 g/mol. The molecule has 182 valence electrons. The highest BCUT2D eigenvalue weighted by molar-refractivity contribution is 6.07. The minimum atomic E-state index is -0.622. The number of nitro benzene ring substituents is 2. The molecule has 4 saturated carbocycles. The van der Waals surface area contributed by atoms with Gasteiger partial charge in [0.05, 0.1) is 21.6 Å². The number of benzene rings is 1. The van der Waals surface area contributed by atoms with Gasteiger partial charge in [0.25, 0.3) is 5.69 Å². The molecule has 34 heavy (non-hydrogen) atoms. The van der Waals surface area contributed by atoms with Crippen LogP contribution in [-0.4, -0.2) is 15.6 Å². The number of fused-ring (bicyclic) bond motifs is 4. The minimum Gasteiger partial charge on any atom is -0.271 e. The van der Waals surface area contributed by atoms with Crippen LogP contribution in [-0.2, 0) is 0 Å². The van der Waals surface area contributed by atoms with Crippen LogP contribution in [0.1, 0.15) is 60.8 Å². The van der Waals surface area contributed by atoms with Crippen molar-refractivity contribution in [2.75, 3.05) is 5.43 Å². The van der Waals surface area contributed by atoms with Crippen LogP contribution in [0.4, 0.5) is 17.1 Å². The number of rotatable bonds is 4. The Kier molecular flexibility index (Phi) is 4.98. The van der Waals surface area contributed by atoms with Gasteiger partial charge in [-0.15, -0.1) is 0 Å². The summed E-state index contributed by atoms with van der Waals surface area (Å²) in [5, 5.41) is 27.5. The van der Waals surface area contributed by atoms with Crippen molar-refractivity contribution in [3.63, 3.8) is 0 Å². The van der Waals surface area contributed by atoms with Gasteiger partial charge in [-0.1, -0.05) is 47.1 Å². The SMILES string of the molecule is C[C@@H]1[C@H]2C[C@@H](C/C2=C2/C(=NNc3ccc([N+](=O)[O-])cc3[N+](=O)[O-])[C@H]3C[C@H]2C(C)(C)[C@H]3C)C1(C)C. The highest BCUT2D eigenvalue weighted by Gasteiger charge is 2.60. The fourth-order valence-corrected chi connectivity index (χ4v) is 7.57. The van der Waals surface area contributed by atoms with Crippen LogP contribution in [0.5, 0.6) is 0 Å². The van der Waals surface area contributed by atoms with Crippen LogP contribution in [0.15, 0.2) is 34.4 Å². The monoisotopic (exact) mass is 466 g/mol. The van der Waals surface area contributed by atoms with Crippen molar-refractivity contribution in [2.24, 2.45) is 51.4 Å². The van der Waals surface area contributed by atoms with Crippen molar-refractivity contribution < 1.29 is 9.85 Å². The van der Waals surface area contributed by atoms with E-state index in [0.717, 1.165) is 24.6 Å². The lowest BCUT2D eigenvalue weighted by atomic mass is 9.62. The van der Waals surface area contributed by atoms with Crippen molar-refractivity contribution in [3.8, 4) is 0 Å². The molecule has 6 atom stereocenters. The molecule has 0 unspecified atom stereocenters. The van der Waals surface area contributed by atoms with Gasteiger partial charge in [0.2, 0.25) is 0 Å². The van der Waals surface area contributed by atoms with Gasteiger partial charge in [-0.05, 0) is 71.3 Å². The van der Waals surface area contributed by atoms with Gasteiger partial charge in [0.15, 0.2) is 0 Å². The van der Waals surface area contributed by atoms with Crippen molar-refractivity contribution in [2.45, 2.75) is 60.8 Å². The van der Waals surface area contributed by atoms with E-state index in [1.54, 1.807) is 5.57 Å². The molecule has 0 spiro atoms. The average molecular weight is 467 g/mol. The Balaban J connectivity index is 1.56. The van der Waals surface area contributed by atoms with Gasteiger partial charge in [-0.2, -0.15) is 5.10 Å². The van der Waals surface area contributed by atoms with Gasteiger partial charge in [-0.25, -0.2) is 0 Å². The molecule has 4 fully saturated rings. The summed E-state index contributed by atoms with van der Waals surface area (Å²) in [6.45, 7) is 14.2. The number of nitro groups is 2. The fourth-order valence-electron chi connectivity index (χ4n) is 7.57. The normalized spacial score (nSPS) is 38.0. The van der Waals surface area contributed by atoms with E-state index in [0.29, 0.717) is 40.9 Å². The van der Waals surface area contributed by atoms with Crippen LogP contribution >= 0.6 is 0 Å². The van der Waals surface area contributed by atoms with Crippen LogP contribution in [0.3, 0.4) is 0 Å². The second-order valence-corrected chi connectivity index (χ2v) is 12.1. The first kappa shape index (κ1) is 23.0. The maximum Gasteiger partial charge on any atom is 0.301 e. The predicted octanol–water partition coefficient (Wildman–Crippen LogP) is 6.58. The summed E-state index contributed by atoms with van der Waals surface area (Å²) in [5.41, 5.74) is 7.06. The first-order valence-corrected chi connectivity index (χ1v) is 12.3. The van der Waals surface area contributed by atoms with Crippen molar-refractivity contribution in [3.05, 3.63) is 49.6 Å². The van der Waals surface area contributed by atoms with E-state index in [2.05, 4.69) is 47.0 Å². The highest BCUT2D eigenvalue weighted by atomic mass is 16.6. The standard InChI is InChI=1S/C26H34N4O4/c1-13-17-9-15(25(13,3)4)10-19(17)23-20-12-18(14(2)26(20,5)6)24(23)28-27-21-8-7-16(29(31)32)11-22(21)30(33)34/h7-8,11,13-15,17-18,20,27H,9-10,12H2,1-6H3/b23-19-,28-24?/t13-,14+,15+,17-,18+,20-/m1/s1. The Bertz CT molecular complexity index is 1150. The summed E-state index contributed by atoms with van der Waals surface area (Å²) in [7, 11) is 0. The zero-order chi connectivity index (χ0) is 24.7. The van der Waals surface area contributed by atoms with E-state index in [1.807, 2.05) is 0 Å². The fraction of sp³-hybridized carbons (Fsp3) is 0.654. The number of hydrogen-bond donors (Lipinski definition) is 1. The topological polar surface area (TPSA) is 111 Å². The molecule has 0 aliphatic heterocycles. The van der Waals surface area contributed by atoms with E-state index in [4.69, 9.17) is 5.10 Å². The molecular formula is C26H34N4O4. The van der Waals surface area contributed by atoms with E-state index in [1.165, 1.54) is 24.1 Å². The quantitative estimate of drug-likeness (QED) is 0.398. The second-order valence-electron chi connectivity index (χ2n) is 12.1. The number of non-ortho nitro benzene ring substituents is 1. The highest BCUT2D eigenvalue weighted by Crippen LogP contribution is 2.67. The van der Waals surface area contributed by atoms with Crippen molar-refractivity contribution >= 4 is 22.8 Å². The van der Waals surface area contributed by atoms with E-state index in [-0.39, 0.29) is 22.5 Å². The number of anilines is 1. The number of allylic oxidation sites excluding steroid dienone is 2. The number of hydrogen-bond acceptors (Lipinski definition) is 6. The van der Waals surface area contributed by atoms with Crippen LogP contribution in [0.25, 0.3) is 0 Å². The molecule has 1 aromatic carbocycles. The molecule has 8 heteroatoms. The second kappa shape index (κ2) is 7.36. The van der Waals surface area contributed by atoms with Crippen LogP contribution in [0.2, 0.25) is 0 Å². The molecule has 4 aliphatic carbocycles. The Morgan fingerprint density at radius 2 is 1.65 bits per heavy atom. The Morgan fingerprint density at radius 1 is 0.971 bits per heavy atom. The third-order valence-electron chi connectivity index (χ3n) is 10.5. The zero-order valence-corrected chi connectivity index (χ0v) is 20.8.